The number of anilines is 1. The first kappa shape index (κ1) is 17.5. The fraction of sp³-hybridized carbons (Fsp3) is 0.250. The minimum Gasteiger partial charge on any atom is -0.496 e. The summed E-state index contributed by atoms with van der Waals surface area (Å²) in [5, 5.41) is 5.11. The van der Waals surface area contributed by atoms with Gasteiger partial charge in [-0.25, -0.2) is 9.98 Å². The molecule has 138 valence electrons. The zero-order valence-corrected chi connectivity index (χ0v) is 16.5. The van der Waals surface area contributed by atoms with E-state index in [1.807, 2.05) is 31.2 Å². The maximum Gasteiger partial charge on any atom is 0.202 e. The van der Waals surface area contributed by atoms with Crippen molar-refractivity contribution in [3.63, 3.8) is 0 Å². The van der Waals surface area contributed by atoms with Crippen LogP contribution in [0.2, 0.25) is 0 Å². The third-order valence-electron chi connectivity index (χ3n) is 4.88. The second-order valence-electron chi connectivity index (χ2n) is 6.42. The Bertz CT molecular complexity index is 1110. The van der Waals surface area contributed by atoms with Crippen LogP contribution in [0.25, 0.3) is 10.2 Å². The molecular weight excluding hydrogens is 360 g/mol. The number of rotatable bonds is 3. The number of nitrogens with two attached hydrogens (primary N) is 1. The summed E-state index contributed by atoms with van der Waals surface area (Å²) < 4.78 is 5.42. The van der Waals surface area contributed by atoms with Gasteiger partial charge in [-0.3, -0.25) is 0 Å². The number of ether oxygens (including phenoxy) is 1. The number of para-hydroxylation sites is 1. The van der Waals surface area contributed by atoms with Gasteiger partial charge in [-0.15, -0.1) is 11.3 Å². The average Bonchev–Trinajstić information content (AvgIpc) is 3.02. The number of methoxy groups -OCH3 is 1. The lowest BCUT2D eigenvalue weighted by molar-refractivity contribution is 0.181. The second kappa shape index (κ2) is 6.66. The molecular formula is C20H20N4O2S. The molecule has 1 aromatic carbocycles. The number of pyridine rings is 1. The maximum absolute atomic E-state index is 6.50. The van der Waals surface area contributed by atoms with Crippen molar-refractivity contribution in [1.29, 1.82) is 0 Å². The van der Waals surface area contributed by atoms with Crippen LogP contribution >= 0.6 is 11.3 Å². The van der Waals surface area contributed by atoms with E-state index in [2.05, 4.69) is 19.0 Å². The third kappa shape index (κ3) is 2.84. The molecule has 0 bridgehead atoms. The van der Waals surface area contributed by atoms with Crippen molar-refractivity contribution < 1.29 is 9.57 Å². The van der Waals surface area contributed by atoms with Crippen molar-refractivity contribution in [3.05, 3.63) is 51.5 Å². The number of thiophene rings is 1. The van der Waals surface area contributed by atoms with Gasteiger partial charge >= 0.3 is 0 Å². The number of fused-ring (bicyclic) bond motifs is 1. The first-order chi connectivity index (χ1) is 13.0. The number of nitrogens with zero attached hydrogens (tertiary/aromatic N) is 3. The molecule has 2 aromatic heterocycles. The molecule has 3 aromatic rings. The van der Waals surface area contributed by atoms with Crippen LogP contribution in [0, 0.1) is 20.8 Å². The molecule has 0 fully saturated rings. The van der Waals surface area contributed by atoms with E-state index in [0.717, 1.165) is 43.2 Å². The van der Waals surface area contributed by atoms with Crippen molar-refractivity contribution in [2.24, 2.45) is 10.1 Å². The lowest BCUT2D eigenvalue weighted by Crippen LogP contribution is -2.18. The number of hydrogen-bond donors (Lipinski definition) is 1. The van der Waals surface area contributed by atoms with Crippen molar-refractivity contribution in [3.8, 4) is 5.75 Å². The Balaban J connectivity index is 1.84. The summed E-state index contributed by atoms with van der Waals surface area (Å²) >= 11 is 1.54. The van der Waals surface area contributed by atoms with Crippen LogP contribution in [-0.4, -0.2) is 30.2 Å². The predicted molar refractivity (Wildman–Crippen MR) is 110 cm³/mol. The average molecular weight is 380 g/mol. The molecule has 2 N–H and O–H groups in total. The lowest BCUT2D eigenvalue weighted by atomic mass is 10.0. The van der Waals surface area contributed by atoms with E-state index >= 15 is 0 Å². The number of nitrogen functional groups attached to an aromatic ring is 1. The number of amidine groups is 1. The molecule has 0 radical (unpaired) electrons. The Kier molecular flexibility index (Phi) is 4.31. The number of hydrogen-bond acceptors (Lipinski definition) is 7. The van der Waals surface area contributed by atoms with Gasteiger partial charge in [0.25, 0.3) is 0 Å². The summed E-state index contributed by atoms with van der Waals surface area (Å²) in [6.45, 7) is 6.44. The van der Waals surface area contributed by atoms with Gasteiger partial charge in [0.15, 0.2) is 6.61 Å². The molecule has 3 heterocycles. The van der Waals surface area contributed by atoms with E-state index in [1.165, 1.54) is 0 Å². The van der Waals surface area contributed by atoms with Crippen molar-refractivity contribution >= 4 is 38.8 Å². The molecule has 6 nitrogen and oxygen atoms in total. The first-order valence-corrected chi connectivity index (χ1v) is 9.40. The van der Waals surface area contributed by atoms with E-state index in [-0.39, 0.29) is 6.61 Å². The summed E-state index contributed by atoms with van der Waals surface area (Å²) in [6.07, 6.45) is 0. The number of aliphatic imine (C=N–C) groups is 1. The van der Waals surface area contributed by atoms with Gasteiger partial charge in [-0.1, -0.05) is 17.3 Å². The fourth-order valence-electron chi connectivity index (χ4n) is 3.17. The highest BCUT2D eigenvalue weighted by molar-refractivity contribution is 7.21. The fourth-order valence-corrected chi connectivity index (χ4v) is 4.35. The standard InChI is InChI=1S/C20H20N4O2S/c1-10-11(2)16-17(21)18(27-20(16)22-12(10)3)14-9-26-24-19(23-14)13-7-5-6-8-15(13)25-4/h5-8H,9,21H2,1-4H3. The normalized spacial score (nSPS) is 13.9. The van der Waals surface area contributed by atoms with E-state index in [0.29, 0.717) is 17.3 Å². The van der Waals surface area contributed by atoms with E-state index in [9.17, 15) is 0 Å². The number of aryl methyl sites for hydroxylation is 2. The van der Waals surface area contributed by atoms with E-state index in [1.54, 1.807) is 18.4 Å². The molecule has 0 atom stereocenters. The minimum absolute atomic E-state index is 0.271. The quantitative estimate of drug-likeness (QED) is 0.745. The Hall–Kier alpha value is -2.93. The van der Waals surface area contributed by atoms with Gasteiger partial charge in [0.05, 0.1) is 23.2 Å². The van der Waals surface area contributed by atoms with Crippen LogP contribution < -0.4 is 10.5 Å². The van der Waals surface area contributed by atoms with Crippen LogP contribution in [0.5, 0.6) is 5.75 Å². The summed E-state index contributed by atoms with van der Waals surface area (Å²) in [7, 11) is 1.62. The zero-order valence-electron chi connectivity index (χ0n) is 15.7. The molecule has 7 heteroatoms. The van der Waals surface area contributed by atoms with E-state index in [4.69, 9.17) is 25.3 Å². The van der Waals surface area contributed by atoms with Crippen molar-refractivity contribution in [2.75, 3.05) is 19.5 Å². The van der Waals surface area contributed by atoms with Crippen molar-refractivity contribution in [2.45, 2.75) is 20.8 Å². The number of oxime groups is 1. The minimum atomic E-state index is 0.271. The van der Waals surface area contributed by atoms with Crippen LogP contribution in [0.1, 0.15) is 27.3 Å². The SMILES string of the molecule is COc1ccccc1C1=NOCC(c2sc3nc(C)c(C)c(C)c3c2N)=N1. The molecule has 27 heavy (non-hydrogen) atoms. The summed E-state index contributed by atoms with van der Waals surface area (Å²) in [5.41, 5.74) is 12.1. The molecule has 4 rings (SSSR count). The Labute approximate surface area is 161 Å². The van der Waals surface area contributed by atoms with Crippen LogP contribution in [0.15, 0.2) is 34.4 Å². The zero-order chi connectivity index (χ0) is 19.1. The summed E-state index contributed by atoms with van der Waals surface area (Å²) in [6, 6.07) is 7.59. The largest absolute Gasteiger partial charge is 0.496 e. The van der Waals surface area contributed by atoms with Crippen LogP contribution in [0.4, 0.5) is 5.69 Å². The molecule has 0 amide bonds. The Morgan fingerprint density at radius 2 is 1.93 bits per heavy atom. The van der Waals surface area contributed by atoms with Crippen molar-refractivity contribution in [1.82, 2.24) is 4.98 Å². The predicted octanol–water partition coefficient (Wildman–Crippen LogP) is 3.99. The lowest BCUT2D eigenvalue weighted by Gasteiger charge is -2.14. The maximum atomic E-state index is 6.50. The second-order valence-corrected chi connectivity index (χ2v) is 7.42. The van der Waals surface area contributed by atoms with Gasteiger partial charge in [0.1, 0.15) is 16.3 Å². The summed E-state index contributed by atoms with van der Waals surface area (Å²) in [4.78, 5) is 16.7. The third-order valence-corrected chi connectivity index (χ3v) is 6.03. The molecule has 1 aliphatic heterocycles. The number of benzene rings is 1. The van der Waals surface area contributed by atoms with Crippen LogP contribution in [0.3, 0.4) is 0 Å². The van der Waals surface area contributed by atoms with Gasteiger partial charge in [0.2, 0.25) is 5.84 Å². The Morgan fingerprint density at radius 1 is 1.15 bits per heavy atom. The first-order valence-electron chi connectivity index (χ1n) is 8.58. The molecule has 0 aliphatic carbocycles. The number of aromatic nitrogens is 1. The van der Waals surface area contributed by atoms with Gasteiger partial charge in [-0.2, -0.15) is 0 Å². The topological polar surface area (TPSA) is 82.1 Å². The molecule has 0 spiro atoms. The molecule has 0 unspecified atom stereocenters. The van der Waals surface area contributed by atoms with Crippen LogP contribution in [-0.2, 0) is 4.84 Å². The van der Waals surface area contributed by atoms with E-state index < -0.39 is 0 Å². The van der Waals surface area contributed by atoms with Gasteiger partial charge < -0.3 is 15.3 Å². The molecule has 0 saturated heterocycles. The highest BCUT2D eigenvalue weighted by Crippen LogP contribution is 2.37. The molecule has 1 aliphatic rings. The Morgan fingerprint density at radius 3 is 2.70 bits per heavy atom. The smallest absolute Gasteiger partial charge is 0.202 e. The highest BCUT2D eigenvalue weighted by atomic mass is 32.1. The van der Waals surface area contributed by atoms with Gasteiger partial charge in [-0.05, 0) is 44.0 Å². The highest BCUT2D eigenvalue weighted by Gasteiger charge is 2.23. The monoisotopic (exact) mass is 380 g/mol. The molecule has 0 saturated carbocycles. The van der Waals surface area contributed by atoms with Gasteiger partial charge in [0, 0.05) is 11.1 Å². The summed E-state index contributed by atoms with van der Waals surface area (Å²) in [5.74, 6) is 1.17.